The maximum atomic E-state index is 13.8. The van der Waals surface area contributed by atoms with Gasteiger partial charge in [-0.25, -0.2) is 18.6 Å². The number of aromatic nitrogens is 1. The van der Waals surface area contributed by atoms with Gasteiger partial charge in [0.1, 0.15) is 22.9 Å². The number of hydrogen-bond acceptors (Lipinski definition) is 4. The second kappa shape index (κ2) is 9.13. The number of carboxylic acids is 1. The summed E-state index contributed by atoms with van der Waals surface area (Å²) in [5, 5.41) is 11.8. The van der Waals surface area contributed by atoms with Crippen LogP contribution in [0.5, 0.6) is 11.6 Å². The SMILES string of the molecule is CCC(NC(=O)c1cc(F)cnc1Oc1ccc(F)cc1)c1ccc(C(=O)O)cc1. The van der Waals surface area contributed by atoms with Gasteiger partial charge in [-0.2, -0.15) is 0 Å². The van der Waals surface area contributed by atoms with Gasteiger partial charge in [-0.15, -0.1) is 0 Å². The minimum absolute atomic E-state index is 0.125. The first kappa shape index (κ1) is 20.9. The predicted octanol–water partition coefficient (Wildman–Crippen LogP) is 4.73. The first-order valence-electron chi connectivity index (χ1n) is 9.10. The van der Waals surface area contributed by atoms with Crippen LogP contribution in [0, 0.1) is 11.6 Å². The molecule has 0 saturated carbocycles. The summed E-state index contributed by atoms with van der Waals surface area (Å²) in [7, 11) is 0. The number of carboxylic acid groups (broad SMARTS) is 1. The molecule has 1 unspecified atom stereocenters. The quantitative estimate of drug-likeness (QED) is 0.586. The molecule has 154 valence electrons. The van der Waals surface area contributed by atoms with Crippen LogP contribution in [-0.4, -0.2) is 22.0 Å². The van der Waals surface area contributed by atoms with Crippen molar-refractivity contribution in [3.63, 3.8) is 0 Å². The maximum absolute atomic E-state index is 13.8. The lowest BCUT2D eigenvalue weighted by atomic mass is 10.0. The molecule has 0 bridgehead atoms. The Hall–Kier alpha value is -3.81. The fraction of sp³-hybridized carbons (Fsp3) is 0.136. The van der Waals surface area contributed by atoms with E-state index in [2.05, 4.69) is 10.3 Å². The smallest absolute Gasteiger partial charge is 0.335 e. The molecular formula is C22H18F2N2O4. The average Bonchev–Trinajstić information content (AvgIpc) is 2.74. The Bertz CT molecular complexity index is 1050. The van der Waals surface area contributed by atoms with Gasteiger partial charge in [0.05, 0.1) is 17.8 Å². The Morgan fingerprint density at radius 2 is 1.73 bits per heavy atom. The first-order chi connectivity index (χ1) is 14.4. The number of halogens is 2. The topological polar surface area (TPSA) is 88.5 Å². The molecule has 0 radical (unpaired) electrons. The van der Waals surface area contributed by atoms with E-state index in [0.29, 0.717) is 12.0 Å². The van der Waals surface area contributed by atoms with E-state index >= 15 is 0 Å². The van der Waals surface area contributed by atoms with Crippen molar-refractivity contribution in [2.24, 2.45) is 0 Å². The third-order valence-electron chi connectivity index (χ3n) is 4.36. The molecule has 0 saturated heterocycles. The molecule has 0 aliphatic rings. The predicted molar refractivity (Wildman–Crippen MR) is 105 cm³/mol. The van der Waals surface area contributed by atoms with E-state index in [-0.39, 0.29) is 22.8 Å². The van der Waals surface area contributed by atoms with Crippen LogP contribution in [0.4, 0.5) is 8.78 Å². The van der Waals surface area contributed by atoms with Gasteiger partial charge in [0.25, 0.3) is 5.91 Å². The molecule has 2 N–H and O–H groups in total. The lowest BCUT2D eigenvalue weighted by molar-refractivity contribution is 0.0696. The summed E-state index contributed by atoms with van der Waals surface area (Å²) in [5.74, 6) is -2.73. The van der Waals surface area contributed by atoms with Crippen LogP contribution >= 0.6 is 0 Å². The second-order valence-electron chi connectivity index (χ2n) is 6.42. The lowest BCUT2D eigenvalue weighted by Crippen LogP contribution is -2.28. The molecule has 2 aromatic carbocycles. The van der Waals surface area contributed by atoms with Gasteiger partial charge in [-0.3, -0.25) is 4.79 Å². The van der Waals surface area contributed by atoms with Gasteiger partial charge >= 0.3 is 5.97 Å². The summed E-state index contributed by atoms with van der Waals surface area (Å²) in [6, 6.07) is 11.8. The van der Waals surface area contributed by atoms with Crippen molar-refractivity contribution in [3.8, 4) is 11.6 Å². The fourth-order valence-electron chi connectivity index (χ4n) is 2.80. The van der Waals surface area contributed by atoms with Gasteiger partial charge in [-0.1, -0.05) is 19.1 Å². The second-order valence-corrected chi connectivity index (χ2v) is 6.42. The normalized spacial score (nSPS) is 11.6. The third-order valence-corrected chi connectivity index (χ3v) is 4.36. The van der Waals surface area contributed by atoms with Gasteiger partial charge in [0.15, 0.2) is 0 Å². The van der Waals surface area contributed by atoms with Crippen molar-refractivity contribution in [2.75, 3.05) is 0 Å². The van der Waals surface area contributed by atoms with E-state index in [1.165, 1.54) is 36.4 Å². The largest absolute Gasteiger partial charge is 0.478 e. The standard InChI is InChI=1S/C22H18F2N2O4/c1-2-19(13-3-5-14(6-4-13)22(28)29)26-20(27)18-11-16(24)12-25-21(18)30-17-9-7-15(23)8-10-17/h3-12,19H,2H2,1H3,(H,26,27)(H,28,29). The van der Waals surface area contributed by atoms with Crippen LogP contribution in [0.2, 0.25) is 0 Å². The van der Waals surface area contributed by atoms with Crippen molar-refractivity contribution in [3.05, 3.63) is 89.1 Å². The molecule has 0 fully saturated rings. The molecule has 0 spiro atoms. The van der Waals surface area contributed by atoms with Crippen molar-refractivity contribution in [1.82, 2.24) is 10.3 Å². The van der Waals surface area contributed by atoms with Gasteiger partial charge in [0.2, 0.25) is 5.88 Å². The van der Waals surface area contributed by atoms with Crippen LogP contribution in [0.25, 0.3) is 0 Å². The number of aromatic carboxylic acids is 1. The maximum Gasteiger partial charge on any atom is 0.335 e. The van der Waals surface area contributed by atoms with Crippen molar-refractivity contribution < 1.29 is 28.2 Å². The number of rotatable bonds is 7. The molecule has 1 heterocycles. The molecule has 1 atom stereocenters. The summed E-state index contributed by atoms with van der Waals surface area (Å²) in [6.45, 7) is 1.84. The molecule has 6 nitrogen and oxygen atoms in total. The molecule has 0 aliphatic heterocycles. The number of amides is 1. The number of pyridine rings is 1. The summed E-state index contributed by atoms with van der Waals surface area (Å²) in [5.41, 5.74) is 0.699. The minimum Gasteiger partial charge on any atom is -0.478 e. The fourth-order valence-corrected chi connectivity index (χ4v) is 2.80. The number of nitrogens with zero attached hydrogens (tertiary/aromatic N) is 1. The minimum atomic E-state index is -1.05. The highest BCUT2D eigenvalue weighted by Crippen LogP contribution is 2.25. The average molecular weight is 412 g/mol. The Balaban J connectivity index is 1.83. The Morgan fingerprint density at radius 1 is 1.07 bits per heavy atom. The molecule has 8 heteroatoms. The van der Waals surface area contributed by atoms with Crippen LogP contribution in [0.15, 0.2) is 60.8 Å². The molecule has 3 rings (SSSR count). The zero-order valence-electron chi connectivity index (χ0n) is 15.9. The van der Waals surface area contributed by atoms with Crippen molar-refractivity contribution >= 4 is 11.9 Å². The molecule has 1 amide bonds. The summed E-state index contributed by atoms with van der Waals surface area (Å²) in [6.07, 6.45) is 1.42. The monoisotopic (exact) mass is 412 g/mol. The van der Waals surface area contributed by atoms with Crippen molar-refractivity contribution in [1.29, 1.82) is 0 Å². The highest BCUT2D eigenvalue weighted by atomic mass is 19.1. The van der Waals surface area contributed by atoms with E-state index < -0.39 is 29.6 Å². The molecule has 0 aliphatic carbocycles. The number of ether oxygens (including phenoxy) is 1. The third kappa shape index (κ3) is 4.96. The summed E-state index contributed by atoms with van der Waals surface area (Å²) in [4.78, 5) is 27.7. The van der Waals surface area contributed by atoms with E-state index in [0.717, 1.165) is 12.3 Å². The van der Waals surface area contributed by atoms with Crippen molar-refractivity contribution in [2.45, 2.75) is 19.4 Å². The van der Waals surface area contributed by atoms with Crippen LogP contribution < -0.4 is 10.1 Å². The van der Waals surface area contributed by atoms with E-state index in [1.807, 2.05) is 6.92 Å². The molecular weight excluding hydrogens is 394 g/mol. The zero-order chi connectivity index (χ0) is 21.7. The number of carbonyl (C=O) groups excluding carboxylic acids is 1. The first-order valence-corrected chi connectivity index (χ1v) is 9.10. The van der Waals surface area contributed by atoms with E-state index in [9.17, 15) is 18.4 Å². The number of carbonyl (C=O) groups is 2. The highest BCUT2D eigenvalue weighted by molar-refractivity contribution is 5.96. The number of nitrogens with one attached hydrogen (secondary N) is 1. The Kier molecular flexibility index (Phi) is 6.36. The Morgan fingerprint density at radius 3 is 2.33 bits per heavy atom. The van der Waals surface area contributed by atoms with Gasteiger partial charge in [-0.05, 0) is 54.4 Å². The lowest BCUT2D eigenvalue weighted by Gasteiger charge is -2.18. The van der Waals surface area contributed by atoms with Gasteiger partial charge in [0, 0.05) is 0 Å². The Labute approximate surface area is 171 Å². The van der Waals surface area contributed by atoms with Gasteiger partial charge < -0.3 is 15.2 Å². The molecule has 30 heavy (non-hydrogen) atoms. The molecule has 3 aromatic rings. The zero-order valence-corrected chi connectivity index (χ0v) is 15.9. The summed E-state index contributed by atoms with van der Waals surface area (Å²) >= 11 is 0. The summed E-state index contributed by atoms with van der Waals surface area (Å²) < 4.78 is 32.4. The highest BCUT2D eigenvalue weighted by Gasteiger charge is 2.20. The van der Waals surface area contributed by atoms with E-state index in [1.54, 1.807) is 12.1 Å². The van der Waals surface area contributed by atoms with Crippen LogP contribution in [0.1, 0.15) is 45.7 Å². The van der Waals surface area contributed by atoms with Crippen LogP contribution in [0.3, 0.4) is 0 Å². The number of hydrogen-bond donors (Lipinski definition) is 2. The van der Waals surface area contributed by atoms with Crippen LogP contribution in [-0.2, 0) is 0 Å². The molecule has 1 aromatic heterocycles. The van der Waals surface area contributed by atoms with E-state index in [4.69, 9.17) is 9.84 Å². The number of benzene rings is 2.